The summed E-state index contributed by atoms with van der Waals surface area (Å²) in [6, 6.07) is 15.6. The number of fused-ring (bicyclic) bond motifs is 1. The summed E-state index contributed by atoms with van der Waals surface area (Å²) in [5.41, 5.74) is 9.09. The third-order valence-corrected chi connectivity index (χ3v) is 5.25. The molecule has 0 saturated heterocycles. The smallest absolute Gasteiger partial charge is 0.264 e. The van der Waals surface area contributed by atoms with E-state index in [1.54, 1.807) is 13.2 Å². The van der Waals surface area contributed by atoms with Crippen LogP contribution in [0.3, 0.4) is 0 Å². The van der Waals surface area contributed by atoms with Crippen molar-refractivity contribution in [3.63, 3.8) is 0 Å². The Hall–Kier alpha value is -3.39. The van der Waals surface area contributed by atoms with Crippen LogP contribution < -0.4 is 26.2 Å². The lowest BCUT2D eigenvalue weighted by Gasteiger charge is -2.29. The molecule has 0 unspecified atom stereocenters. The first-order valence-electron chi connectivity index (χ1n) is 9.22. The lowest BCUT2D eigenvalue weighted by Crippen LogP contribution is -2.35. The number of nitrogens with one attached hydrogen (secondary N) is 2. The Morgan fingerprint density at radius 1 is 1.21 bits per heavy atom. The van der Waals surface area contributed by atoms with E-state index >= 15 is 0 Å². The molecule has 0 bridgehead atoms. The van der Waals surface area contributed by atoms with Gasteiger partial charge in [-0.15, -0.1) is 0 Å². The second kappa shape index (κ2) is 7.92. The molecule has 3 aromatic rings. The van der Waals surface area contributed by atoms with E-state index in [1.165, 1.54) is 11.1 Å². The Balaban J connectivity index is 1.59. The monoisotopic (exact) mass is 407 g/mol. The average Bonchev–Trinajstić information content (AvgIpc) is 2.73. The molecule has 0 amide bonds. The highest BCUT2D eigenvalue weighted by Crippen LogP contribution is 2.25. The molecule has 1 aliphatic heterocycles. The lowest BCUT2D eigenvalue weighted by molar-refractivity contribution is 0.417. The molecule has 4 rings (SSSR count). The van der Waals surface area contributed by atoms with Gasteiger partial charge in [-0.1, -0.05) is 48.6 Å². The number of H-pyrrole nitrogens is 1. The van der Waals surface area contributed by atoms with Crippen LogP contribution in [0.15, 0.2) is 53.3 Å². The molecule has 1 aromatic heterocycles. The second-order valence-electron chi connectivity index (χ2n) is 6.74. The number of benzene rings is 2. The van der Waals surface area contributed by atoms with Crippen molar-refractivity contribution >= 4 is 34.7 Å². The number of nitrogen functional groups attached to an aromatic ring is 1. The lowest BCUT2D eigenvalue weighted by atomic mass is 10.0. The van der Waals surface area contributed by atoms with Crippen LogP contribution in [0.1, 0.15) is 16.7 Å². The molecule has 1 aliphatic rings. The highest BCUT2D eigenvalue weighted by atomic mass is 32.1. The average molecular weight is 407 g/mol. The predicted molar refractivity (Wildman–Crippen MR) is 119 cm³/mol. The van der Waals surface area contributed by atoms with Crippen molar-refractivity contribution in [1.82, 2.24) is 9.97 Å². The number of anilines is 3. The fourth-order valence-corrected chi connectivity index (χ4v) is 3.76. The number of nitrogens with two attached hydrogens (primary N) is 1. The zero-order valence-electron chi connectivity index (χ0n) is 15.9. The van der Waals surface area contributed by atoms with Gasteiger partial charge >= 0.3 is 0 Å². The molecule has 148 valence electrons. The molecule has 2 heterocycles. The number of rotatable bonds is 4. The van der Waals surface area contributed by atoms with Gasteiger partial charge in [0.05, 0.1) is 12.8 Å². The molecule has 7 nitrogen and oxygen atoms in total. The van der Waals surface area contributed by atoms with E-state index in [2.05, 4.69) is 27.4 Å². The Bertz CT molecular complexity index is 1130. The van der Waals surface area contributed by atoms with Crippen molar-refractivity contribution in [2.24, 2.45) is 0 Å². The normalized spacial score (nSPS) is 12.9. The molecule has 0 fully saturated rings. The van der Waals surface area contributed by atoms with Crippen molar-refractivity contribution in [3.8, 4) is 5.75 Å². The summed E-state index contributed by atoms with van der Waals surface area (Å²) in [5, 5.41) is 3.02. The van der Waals surface area contributed by atoms with E-state index in [9.17, 15) is 4.79 Å². The van der Waals surface area contributed by atoms with E-state index in [4.69, 9.17) is 22.7 Å². The molecule has 4 N–H and O–H groups in total. The van der Waals surface area contributed by atoms with Crippen molar-refractivity contribution in [3.05, 3.63) is 75.6 Å². The predicted octanol–water partition coefficient (Wildman–Crippen LogP) is 2.71. The first-order valence-corrected chi connectivity index (χ1v) is 9.63. The van der Waals surface area contributed by atoms with Crippen LogP contribution >= 0.6 is 12.2 Å². The Morgan fingerprint density at radius 2 is 1.93 bits per heavy atom. The molecule has 8 heteroatoms. The molecule has 0 saturated carbocycles. The van der Waals surface area contributed by atoms with Gasteiger partial charge in [-0.05, 0) is 29.7 Å². The van der Waals surface area contributed by atoms with E-state index in [0.717, 1.165) is 13.0 Å². The van der Waals surface area contributed by atoms with Gasteiger partial charge in [0.25, 0.3) is 5.56 Å². The van der Waals surface area contributed by atoms with Crippen LogP contribution in [0.2, 0.25) is 0 Å². The van der Waals surface area contributed by atoms with Gasteiger partial charge in [0, 0.05) is 13.1 Å². The van der Waals surface area contributed by atoms with E-state index in [0.29, 0.717) is 23.9 Å². The van der Waals surface area contributed by atoms with Crippen LogP contribution in [0.4, 0.5) is 17.5 Å². The molecule has 0 spiro atoms. The summed E-state index contributed by atoms with van der Waals surface area (Å²) in [7, 11) is 1.57. The molecule has 0 atom stereocenters. The summed E-state index contributed by atoms with van der Waals surface area (Å²) in [5.74, 6) is 1.15. The van der Waals surface area contributed by atoms with Crippen molar-refractivity contribution in [1.29, 1.82) is 0 Å². The van der Waals surface area contributed by atoms with Gasteiger partial charge < -0.3 is 20.7 Å². The number of aromatic amines is 1. The van der Waals surface area contributed by atoms with Crippen LogP contribution in [0.25, 0.3) is 0 Å². The zero-order valence-corrected chi connectivity index (χ0v) is 16.8. The fourth-order valence-electron chi connectivity index (χ4n) is 3.46. The van der Waals surface area contributed by atoms with Gasteiger partial charge in [-0.2, -0.15) is 4.98 Å². The minimum Gasteiger partial charge on any atom is -0.495 e. The number of thiocarbonyl (C=S) groups is 1. The first-order chi connectivity index (χ1) is 14.1. The topological polar surface area (TPSA) is 96.3 Å². The minimum absolute atomic E-state index is 0.0926. The van der Waals surface area contributed by atoms with Crippen LogP contribution in [-0.4, -0.2) is 28.6 Å². The summed E-state index contributed by atoms with van der Waals surface area (Å²) in [6.07, 6.45) is 0.884. The molecule has 0 aliphatic carbocycles. The minimum atomic E-state index is -0.376. The quantitative estimate of drug-likeness (QED) is 0.572. The molecule has 29 heavy (non-hydrogen) atoms. The first kappa shape index (κ1) is 18.9. The van der Waals surface area contributed by atoms with E-state index in [-0.39, 0.29) is 21.9 Å². The maximum Gasteiger partial charge on any atom is 0.264 e. The number of hydrogen-bond acceptors (Lipinski definition) is 6. The fraction of sp³-hybridized carbons (Fsp3) is 0.190. The molecule has 2 aromatic carbocycles. The van der Waals surface area contributed by atoms with Gasteiger partial charge in [0.2, 0.25) is 5.95 Å². The van der Waals surface area contributed by atoms with Gasteiger partial charge in [0.1, 0.15) is 22.1 Å². The highest BCUT2D eigenvalue weighted by Gasteiger charge is 2.21. The number of para-hydroxylation sites is 2. The standard InChI is InChI=1S/C21H21N5O2S/c1-28-16-9-5-4-8-15(16)23-20(29)17-18(22)24-21(25-19(17)27)26-11-10-13-6-2-3-7-14(13)12-26/h2-9H,10-12H2,1H3,(H,23,29)(H3,22,24,25,27). The summed E-state index contributed by atoms with van der Waals surface area (Å²) >= 11 is 5.42. The molecule has 0 radical (unpaired) electrons. The summed E-state index contributed by atoms with van der Waals surface area (Å²) in [4.78, 5) is 22.2. The van der Waals surface area contributed by atoms with Gasteiger partial charge in [-0.3, -0.25) is 9.78 Å². The number of methoxy groups -OCH3 is 1. The van der Waals surface area contributed by atoms with Crippen molar-refractivity contribution < 1.29 is 4.74 Å². The maximum atomic E-state index is 12.8. The van der Waals surface area contributed by atoms with Crippen LogP contribution in [0, 0.1) is 0 Å². The SMILES string of the molecule is COc1ccccc1NC(=S)c1c(N)nc(N2CCc3ccccc3C2)[nH]c1=O. The van der Waals surface area contributed by atoms with Gasteiger partial charge in [0.15, 0.2) is 0 Å². The van der Waals surface area contributed by atoms with Crippen LogP contribution in [0.5, 0.6) is 5.75 Å². The Labute approximate surface area is 173 Å². The van der Waals surface area contributed by atoms with Gasteiger partial charge in [-0.25, -0.2) is 0 Å². The van der Waals surface area contributed by atoms with E-state index in [1.807, 2.05) is 35.2 Å². The largest absolute Gasteiger partial charge is 0.495 e. The zero-order chi connectivity index (χ0) is 20.4. The molecular formula is C21H21N5O2S. The number of aromatic nitrogens is 2. The Kier molecular flexibility index (Phi) is 5.18. The van der Waals surface area contributed by atoms with E-state index < -0.39 is 0 Å². The van der Waals surface area contributed by atoms with Crippen molar-refractivity contribution in [2.75, 3.05) is 29.6 Å². The highest BCUT2D eigenvalue weighted by molar-refractivity contribution is 7.81. The Morgan fingerprint density at radius 3 is 2.69 bits per heavy atom. The third-order valence-electron chi connectivity index (χ3n) is 4.95. The van der Waals surface area contributed by atoms with Crippen molar-refractivity contribution in [2.45, 2.75) is 13.0 Å². The maximum absolute atomic E-state index is 12.8. The summed E-state index contributed by atoms with van der Waals surface area (Å²) in [6.45, 7) is 1.42. The van der Waals surface area contributed by atoms with Crippen LogP contribution in [-0.2, 0) is 13.0 Å². The molecular weight excluding hydrogens is 386 g/mol. The number of hydrogen-bond donors (Lipinski definition) is 3. The number of nitrogens with zero attached hydrogens (tertiary/aromatic N) is 2. The summed E-state index contributed by atoms with van der Waals surface area (Å²) < 4.78 is 5.31. The third kappa shape index (κ3) is 3.79. The second-order valence-corrected chi connectivity index (χ2v) is 7.15. The number of ether oxygens (including phenoxy) is 1.